The van der Waals surface area contributed by atoms with Gasteiger partial charge in [-0.2, -0.15) is 0 Å². The zero-order chi connectivity index (χ0) is 31.6. The summed E-state index contributed by atoms with van der Waals surface area (Å²) in [5, 5.41) is 10.1. The van der Waals surface area contributed by atoms with Gasteiger partial charge in [0.05, 0.1) is 30.3 Å². The van der Waals surface area contributed by atoms with E-state index in [1.54, 1.807) is 6.20 Å². The number of carbonyl (C=O) groups is 1. The van der Waals surface area contributed by atoms with E-state index in [0.717, 1.165) is 49.8 Å². The summed E-state index contributed by atoms with van der Waals surface area (Å²) < 4.78 is 25.0. The molecule has 7 heteroatoms. The van der Waals surface area contributed by atoms with Gasteiger partial charge in [0.1, 0.15) is 5.78 Å². The quantitative estimate of drug-likeness (QED) is 0.199. The molecular weight excluding hydrogens is 542 g/mol. The molecule has 1 aromatic rings. The first-order valence-corrected chi connectivity index (χ1v) is 16.3. The van der Waals surface area contributed by atoms with E-state index in [4.69, 9.17) is 18.9 Å². The van der Waals surface area contributed by atoms with Gasteiger partial charge in [-0.1, -0.05) is 43.7 Å². The van der Waals surface area contributed by atoms with E-state index in [1.165, 1.54) is 5.57 Å². The van der Waals surface area contributed by atoms with Crippen molar-refractivity contribution < 1.29 is 28.8 Å². The molecule has 0 spiro atoms. The molecule has 242 valence electrons. The molecule has 7 atom stereocenters. The van der Waals surface area contributed by atoms with Gasteiger partial charge in [-0.05, 0) is 104 Å². The van der Waals surface area contributed by atoms with E-state index >= 15 is 0 Å². The summed E-state index contributed by atoms with van der Waals surface area (Å²) in [6.45, 7) is 19.1. The number of hydrogen-bond donors (Lipinski definition) is 1. The van der Waals surface area contributed by atoms with Gasteiger partial charge < -0.3 is 24.1 Å². The van der Waals surface area contributed by atoms with Gasteiger partial charge in [0.15, 0.2) is 12.1 Å². The van der Waals surface area contributed by atoms with Crippen molar-refractivity contribution in [3.63, 3.8) is 0 Å². The second-order valence-electron chi connectivity index (χ2n) is 13.6. The summed E-state index contributed by atoms with van der Waals surface area (Å²) in [4.78, 5) is 19.3. The molecule has 3 rings (SSSR count). The van der Waals surface area contributed by atoms with E-state index in [9.17, 15) is 9.90 Å². The molecule has 2 aliphatic rings. The highest BCUT2D eigenvalue weighted by Crippen LogP contribution is 2.41. The highest BCUT2D eigenvalue weighted by Gasteiger charge is 2.50. The standard InChI is InChI=1S/C36H57NO6/c1-25(2)30(38)19-18-26(3)14-13-15-27(4)33(42-32-17-10-12-22-40-32)28(5)34(39)36(8,24-29-16-9-11-21-37-29)31-20-23-41-35(6,7)43-31/h9,11,16,18,21,27-28,30-33,38H,1,10,12-15,17,19-20,22-24H2,2-8H3/t27-,28?,30-,31-,32?,33-,36?/m0/s1. The molecule has 43 heavy (non-hydrogen) atoms. The first-order chi connectivity index (χ1) is 20.3. The summed E-state index contributed by atoms with van der Waals surface area (Å²) in [7, 11) is 0. The summed E-state index contributed by atoms with van der Waals surface area (Å²) in [5.74, 6) is -0.850. The number of rotatable bonds is 16. The number of ether oxygens (including phenoxy) is 4. The number of Topliss-reactive ketones (excluding diaryl/α,β-unsaturated/α-hetero) is 1. The average molecular weight is 600 g/mol. The van der Waals surface area contributed by atoms with Crippen LogP contribution in [-0.2, 0) is 30.2 Å². The number of hydrogen-bond acceptors (Lipinski definition) is 7. The van der Waals surface area contributed by atoms with Crippen molar-refractivity contribution in [3.05, 3.63) is 53.9 Å². The fourth-order valence-corrected chi connectivity index (χ4v) is 6.43. The van der Waals surface area contributed by atoms with E-state index < -0.39 is 17.3 Å². The molecule has 0 radical (unpaired) electrons. The van der Waals surface area contributed by atoms with Gasteiger partial charge >= 0.3 is 0 Å². The topological polar surface area (TPSA) is 87.1 Å². The Balaban J connectivity index is 1.80. The Labute approximate surface area is 260 Å². The highest BCUT2D eigenvalue weighted by atomic mass is 16.7. The lowest BCUT2D eigenvalue weighted by molar-refractivity contribution is -0.290. The molecule has 2 fully saturated rings. The van der Waals surface area contributed by atoms with Crippen LogP contribution in [0.25, 0.3) is 0 Å². The zero-order valence-corrected chi connectivity index (χ0v) is 27.8. The Morgan fingerprint density at radius 3 is 2.63 bits per heavy atom. The maximum Gasteiger partial charge on any atom is 0.163 e. The molecule has 0 amide bonds. The van der Waals surface area contributed by atoms with Gasteiger partial charge in [0, 0.05) is 30.8 Å². The van der Waals surface area contributed by atoms with Gasteiger partial charge in [-0.15, -0.1) is 0 Å². The lowest BCUT2D eigenvalue weighted by Crippen LogP contribution is -2.54. The number of allylic oxidation sites excluding steroid dienone is 1. The van der Waals surface area contributed by atoms with Crippen LogP contribution in [-0.4, -0.2) is 59.5 Å². The van der Waals surface area contributed by atoms with Crippen molar-refractivity contribution in [3.8, 4) is 0 Å². The average Bonchev–Trinajstić information content (AvgIpc) is 2.98. The third-order valence-electron chi connectivity index (χ3n) is 9.21. The number of nitrogens with zero attached hydrogens (tertiary/aromatic N) is 1. The van der Waals surface area contributed by atoms with Gasteiger partial charge in [0.2, 0.25) is 0 Å². The molecule has 0 bridgehead atoms. The summed E-state index contributed by atoms with van der Waals surface area (Å²) in [5.41, 5.74) is 2.10. The van der Waals surface area contributed by atoms with Crippen LogP contribution in [0.1, 0.15) is 106 Å². The van der Waals surface area contributed by atoms with Crippen LogP contribution < -0.4 is 0 Å². The van der Waals surface area contributed by atoms with E-state index in [1.807, 2.05) is 52.8 Å². The maximum absolute atomic E-state index is 14.7. The molecule has 1 aromatic heterocycles. The lowest BCUT2D eigenvalue weighted by Gasteiger charge is -2.46. The fraction of sp³-hybridized carbons (Fsp3) is 0.722. The maximum atomic E-state index is 14.7. The highest BCUT2D eigenvalue weighted by molar-refractivity contribution is 5.88. The van der Waals surface area contributed by atoms with Crippen LogP contribution in [0.5, 0.6) is 0 Å². The summed E-state index contributed by atoms with van der Waals surface area (Å²) in [6, 6.07) is 5.85. The Bertz CT molecular complexity index is 1050. The molecule has 0 saturated carbocycles. The predicted octanol–water partition coefficient (Wildman–Crippen LogP) is 7.37. The van der Waals surface area contributed by atoms with Crippen LogP contribution in [0.15, 0.2) is 48.2 Å². The number of pyridine rings is 1. The van der Waals surface area contributed by atoms with Gasteiger partial charge in [-0.25, -0.2) is 0 Å². The second-order valence-corrected chi connectivity index (χ2v) is 13.6. The third kappa shape index (κ3) is 10.6. The Morgan fingerprint density at radius 2 is 2.00 bits per heavy atom. The summed E-state index contributed by atoms with van der Waals surface area (Å²) >= 11 is 0. The zero-order valence-electron chi connectivity index (χ0n) is 27.8. The Hall–Kier alpha value is -1.90. The summed E-state index contributed by atoms with van der Waals surface area (Å²) in [6.07, 6.45) is 10.00. The molecule has 2 aliphatic heterocycles. The van der Waals surface area contributed by atoms with Crippen LogP contribution in [0.3, 0.4) is 0 Å². The number of aliphatic hydroxyl groups is 1. The van der Waals surface area contributed by atoms with Crippen LogP contribution in [0.4, 0.5) is 0 Å². The lowest BCUT2D eigenvalue weighted by atomic mass is 9.68. The molecule has 3 heterocycles. The van der Waals surface area contributed by atoms with E-state index in [2.05, 4.69) is 31.5 Å². The molecule has 0 aromatic carbocycles. The predicted molar refractivity (Wildman–Crippen MR) is 170 cm³/mol. The minimum absolute atomic E-state index is 0.137. The smallest absolute Gasteiger partial charge is 0.163 e. The van der Waals surface area contributed by atoms with Crippen molar-refractivity contribution in [2.75, 3.05) is 13.2 Å². The number of aliphatic hydroxyl groups excluding tert-OH is 1. The van der Waals surface area contributed by atoms with E-state index in [0.29, 0.717) is 32.5 Å². The van der Waals surface area contributed by atoms with Crippen molar-refractivity contribution in [2.24, 2.45) is 17.3 Å². The van der Waals surface area contributed by atoms with Gasteiger partial charge in [0.25, 0.3) is 0 Å². The first-order valence-electron chi connectivity index (χ1n) is 16.3. The number of carbonyl (C=O) groups excluding carboxylic acids is 1. The normalized spacial score (nSPS) is 25.3. The Kier molecular flexibility index (Phi) is 13.6. The van der Waals surface area contributed by atoms with E-state index in [-0.39, 0.29) is 36.1 Å². The molecular formula is C36H57NO6. The van der Waals surface area contributed by atoms with Crippen molar-refractivity contribution in [2.45, 2.75) is 137 Å². The monoisotopic (exact) mass is 599 g/mol. The molecule has 1 N–H and O–H groups in total. The van der Waals surface area contributed by atoms with Gasteiger partial charge in [-0.3, -0.25) is 9.78 Å². The van der Waals surface area contributed by atoms with Crippen LogP contribution >= 0.6 is 0 Å². The minimum atomic E-state index is -0.812. The fourth-order valence-electron chi connectivity index (χ4n) is 6.43. The minimum Gasteiger partial charge on any atom is -0.388 e. The van der Waals surface area contributed by atoms with Crippen molar-refractivity contribution in [1.82, 2.24) is 4.98 Å². The molecule has 2 saturated heterocycles. The Morgan fingerprint density at radius 1 is 1.23 bits per heavy atom. The second kappa shape index (κ2) is 16.4. The number of aromatic nitrogens is 1. The van der Waals surface area contributed by atoms with Crippen molar-refractivity contribution >= 4 is 5.78 Å². The largest absolute Gasteiger partial charge is 0.388 e. The van der Waals surface area contributed by atoms with Crippen molar-refractivity contribution in [1.29, 1.82) is 0 Å². The molecule has 3 unspecified atom stereocenters. The number of ketones is 1. The van der Waals surface area contributed by atoms with Crippen LogP contribution in [0, 0.1) is 17.3 Å². The SMILES string of the molecule is C=C(C)[C@@H](O)CC=C(C)CCC[C@H](C)[C@H](OC1CCCCO1)C(C)C(=O)C(C)(Cc1ccccn1)[C@@H]1CCOC(C)(C)O1. The third-order valence-corrected chi connectivity index (χ3v) is 9.21. The molecule has 0 aliphatic carbocycles. The first kappa shape index (κ1) is 35.6. The van der Waals surface area contributed by atoms with Crippen LogP contribution in [0.2, 0.25) is 0 Å². The molecule has 7 nitrogen and oxygen atoms in total.